The number of benzene rings is 3. The summed E-state index contributed by atoms with van der Waals surface area (Å²) in [7, 11) is 0. The molecule has 29 heavy (non-hydrogen) atoms. The third-order valence-corrected chi connectivity index (χ3v) is 5.89. The fraction of sp³-hybridized carbons (Fsp3) is 0.0476. The van der Waals surface area contributed by atoms with E-state index >= 15 is 0 Å². The molecule has 4 rings (SSSR count). The fourth-order valence-corrected chi connectivity index (χ4v) is 4.19. The van der Waals surface area contributed by atoms with E-state index in [-0.39, 0.29) is 16.3 Å². The summed E-state index contributed by atoms with van der Waals surface area (Å²) in [5.74, 6) is 0. The molecule has 1 heterocycles. The Kier molecular flexibility index (Phi) is 5.08. The van der Waals surface area contributed by atoms with Crippen LogP contribution in [-0.4, -0.2) is 14.5 Å². The molecule has 4 aromatic rings. The predicted molar refractivity (Wildman–Crippen MR) is 114 cm³/mol. The van der Waals surface area contributed by atoms with E-state index in [0.717, 1.165) is 11.3 Å². The van der Waals surface area contributed by atoms with Gasteiger partial charge in [0.05, 0.1) is 26.5 Å². The van der Waals surface area contributed by atoms with E-state index in [0.29, 0.717) is 21.0 Å². The van der Waals surface area contributed by atoms with Crippen LogP contribution >= 0.6 is 23.4 Å². The molecule has 0 aliphatic heterocycles. The van der Waals surface area contributed by atoms with Crippen molar-refractivity contribution in [2.45, 2.75) is 17.0 Å². The van der Waals surface area contributed by atoms with E-state index in [9.17, 15) is 14.9 Å². The molecule has 0 fully saturated rings. The van der Waals surface area contributed by atoms with Crippen molar-refractivity contribution in [2.75, 3.05) is 0 Å². The molecular formula is C21H14ClN3O3S. The Morgan fingerprint density at radius 2 is 1.79 bits per heavy atom. The molecule has 0 aliphatic rings. The Morgan fingerprint density at radius 1 is 1.07 bits per heavy atom. The van der Waals surface area contributed by atoms with E-state index in [2.05, 4.69) is 4.98 Å². The van der Waals surface area contributed by atoms with Crippen LogP contribution in [0.5, 0.6) is 0 Å². The highest BCUT2D eigenvalue weighted by atomic mass is 35.5. The number of fused-ring (bicyclic) bond motifs is 1. The molecule has 6 nitrogen and oxygen atoms in total. The number of hydrogen-bond acceptors (Lipinski definition) is 5. The smallest absolute Gasteiger partial charge is 0.268 e. The first-order chi connectivity index (χ1) is 14.0. The Morgan fingerprint density at radius 3 is 2.52 bits per heavy atom. The molecule has 0 aliphatic carbocycles. The lowest BCUT2D eigenvalue weighted by Crippen LogP contribution is -2.22. The van der Waals surface area contributed by atoms with E-state index in [1.807, 2.05) is 37.3 Å². The largest absolute Gasteiger partial charge is 0.270 e. The van der Waals surface area contributed by atoms with Gasteiger partial charge in [-0.3, -0.25) is 19.5 Å². The molecule has 0 atom stereocenters. The van der Waals surface area contributed by atoms with Gasteiger partial charge in [-0.15, -0.1) is 0 Å². The number of aryl methyl sites for hydroxylation is 1. The summed E-state index contributed by atoms with van der Waals surface area (Å²) in [5.41, 5.74) is 1.93. The van der Waals surface area contributed by atoms with Crippen molar-refractivity contribution >= 4 is 40.0 Å². The molecule has 8 heteroatoms. The molecule has 3 aromatic carbocycles. The topological polar surface area (TPSA) is 78.0 Å². The summed E-state index contributed by atoms with van der Waals surface area (Å²) >= 11 is 7.46. The van der Waals surface area contributed by atoms with E-state index in [1.165, 1.54) is 23.9 Å². The molecule has 0 unspecified atom stereocenters. The standard InChI is InChI=1S/C21H14ClN3O3S/c1-13-6-2-5-9-18(13)24-20(26)15-7-3-4-8-17(15)23-21(24)29-19-11-10-14(25(27)28)12-16(19)22/h2-12H,1H3. The first-order valence-corrected chi connectivity index (χ1v) is 9.85. The molecule has 0 saturated heterocycles. The van der Waals surface area contributed by atoms with Gasteiger partial charge in [-0.05, 0) is 48.5 Å². The zero-order chi connectivity index (χ0) is 20.5. The van der Waals surface area contributed by atoms with Crippen LogP contribution in [-0.2, 0) is 0 Å². The van der Waals surface area contributed by atoms with Crippen LogP contribution < -0.4 is 5.56 Å². The zero-order valence-corrected chi connectivity index (χ0v) is 16.8. The highest BCUT2D eigenvalue weighted by Crippen LogP contribution is 2.35. The Balaban J connectivity index is 1.94. The molecule has 0 N–H and O–H groups in total. The highest BCUT2D eigenvalue weighted by molar-refractivity contribution is 7.99. The maximum atomic E-state index is 13.3. The van der Waals surface area contributed by atoms with Gasteiger partial charge in [0.25, 0.3) is 11.2 Å². The summed E-state index contributed by atoms with van der Waals surface area (Å²) in [6, 6.07) is 18.9. The first kappa shape index (κ1) is 19.2. The minimum Gasteiger partial charge on any atom is -0.268 e. The number of hydrogen-bond donors (Lipinski definition) is 0. The van der Waals surface area contributed by atoms with Gasteiger partial charge in [-0.1, -0.05) is 41.9 Å². The van der Waals surface area contributed by atoms with Crippen molar-refractivity contribution < 1.29 is 4.92 Å². The van der Waals surface area contributed by atoms with Crippen LogP contribution in [0.25, 0.3) is 16.6 Å². The van der Waals surface area contributed by atoms with Crippen LogP contribution in [0.15, 0.2) is 81.6 Å². The van der Waals surface area contributed by atoms with Crippen LogP contribution in [0.3, 0.4) is 0 Å². The van der Waals surface area contributed by atoms with Gasteiger partial charge in [0.2, 0.25) is 0 Å². The van der Waals surface area contributed by atoms with Crippen LogP contribution in [0.4, 0.5) is 5.69 Å². The van der Waals surface area contributed by atoms with Gasteiger partial charge < -0.3 is 0 Å². The van der Waals surface area contributed by atoms with Crippen molar-refractivity contribution in [3.63, 3.8) is 0 Å². The van der Waals surface area contributed by atoms with Gasteiger partial charge in [0, 0.05) is 17.0 Å². The average molecular weight is 424 g/mol. The maximum absolute atomic E-state index is 13.3. The van der Waals surface area contributed by atoms with Crippen molar-refractivity contribution in [3.8, 4) is 5.69 Å². The molecule has 0 bridgehead atoms. The van der Waals surface area contributed by atoms with Gasteiger partial charge in [0.1, 0.15) is 0 Å². The molecule has 0 saturated carbocycles. The number of nitro benzene ring substituents is 1. The summed E-state index contributed by atoms with van der Waals surface area (Å²) in [6.07, 6.45) is 0. The Hall–Kier alpha value is -3.16. The van der Waals surface area contributed by atoms with Crippen LogP contribution in [0.1, 0.15) is 5.56 Å². The number of nitrogens with zero attached hydrogens (tertiary/aromatic N) is 3. The monoisotopic (exact) mass is 423 g/mol. The second kappa shape index (κ2) is 7.69. The maximum Gasteiger partial charge on any atom is 0.270 e. The van der Waals surface area contributed by atoms with Gasteiger partial charge in [-0.2, -0.15) is 0 Å². The molecule has 0 amide bonds. The molecule has 0 spiro atoms. The number of non-ortho nitro benzene ring substituents is 1. The Bertz CT molecular complexity index is 1320. The van der Waals surface area contributed by atoms with Crippen molar-refractivity contribution in [2.24, 2.45) is 0 Å². The number of halogens is 1. The minimum atomic E-state index is -0.502. The Labute approximate surface area is 174 Å². The molecule has 144 valence electrons. The lowest BCUT2D eigenvalue weighted by atomic mass is 10.2. The first-order valence-electron chi connectivity index (χ1n) is 8.65. The molecular weight excluding hydrogens is 410 g/mol. The summed E-state index contributed by atoms with van der Waals surface area (Å²) in [6.45, 7) is 1.92. The summed E-state index contributed by atoms with van der Waals surface area (Å²) in [5, 5.41) is 12.1. The number of aromatic nitrogens is 2. The van der Waals surface area contributed by atoms with Gasteiger partial charge in [-0.25, -0.2) is 4.98 Å². The molecule has 1 aromatic heterocycles. The van der Waals surface area contributed by atoms with Crippen molar-refractivity contribution in [1.29, 1.82) is 0 Å². The summed E-state index contributed by atoms with van der Waals surface area (Å²) in [4.78, 5) is 29.0. The van der Waals surface area contributed by atoms with E-state index < -0.39 is 4.92 Å². The van der Waals surface area contributed by atoms with Gasteiger partial charge >= 0.3 is 0 Å². The van der Waals surface area contributed by atoms with Crippen LogP contribution in [0, 0.1) is 17.0 Å². The van der Waals surface area contributed by atoms with E-state index in [1.54, 1.807) is 28.8 Å². The second-order valence-electron chi connectivity index (χ2n) is 6.31. The van der Waals surface area contributed by atoms with Crippen LogP contribution in [0.2, 0.25) is 5.02 Å². The number of nitro groups is 1. The SMILES string of the molecule is Cc1ccccc1-n1c(Sc2ccc([N+](=O)[O-])cc2Cl)nc2ccccc2c1=O. The normalized spacial score (nSPS) is 11.0. The van der Waals surface area contributed by atoms with Gasteiger partial charge in [0.15, 0.2) is 5.16 Å². The zero-order valence-electron chi connectivity index (χ0n) is 15.2. The molecule has 0 radical (unpaired) electrons. The lowest BCUT2D eigenvalue weighted by Gasteiger charge is -2.15. The lowest BCUT2D eigenvalue weighted by molar-refractivity contribution is -0.384. The minimum absolute atomic E-state index is 0.0953. The number of rotatable bonds is 4. The quantitative estimate of drug-likeness (QED) is 0.249. The predicted octanol–water partition coefficient (Wildman–Crippen LogP) is 5.41. The van der Waals surface area contributed by atoms with Crippen molar-refractivity contribution in [3.05, 3.63) is 97.8 Å². The average Bonchev–Trinajstić information content (AvgIpc) is 2.70. The van der Waals surface area contributed by atoms with E-state index in [4.69, 9.17) is 11.6 Å². The third-order valence-electron chi connectivity index (χ3n) is 4.43. The number of para-hydroxylation sites is 2. The third kappa shape index (κ3) is 3.62. The van der Waals surface area contributed by atoms with Crippen molar-refractivity contribution in [1.82, 2.24) is 9.55 Å². The summed E-state index contributed by atoms with van der Waals surface area (Å²) < 4.78 is 1.56. The fourth-order valence-electron chi connectivity index (χ4n) is 2.99. The second-order valence-corrected chi connectivity index (χ2v) is 7.73. The highest BCUT2D eigenvalue weighted by Gasteiger charge is 2.17.